The highest BCUT2D eigenvalue weighted by Gasteiger charge is 2.39. The Kier molecular flexibility index (Phi) is 6.30. The van der Waals surface area contributed by atoms with Gasteiger partial charge in [0, 0.05) is 30.7 Å². The molecule has 0 saturated heterocycles. The molecule has 8 heteroatoms. The Labute approximate surface area is 186 Å². The Balaban J connectivity index is 1.68. The number of rotatable bonds is 6. The molecule has 32 heavy (non-hydrogen) atoms. The zero-order valence-corrected chi connectivity index (χ0v) is 18.4. The molecule has 1 heterocycles. The molecular weight excluding hydrogens is 410 g/mol. The summed E-state index contributed by atoms with van der Waals surface area (Å²) in [5.41, 5.74) is 1.13. The minimum absolute atomic E-state index is 0.00600. The summed E-state index contributed by atoms with van der Waals surface area (Å²) in [6, 6.07) is 12.2. The fourth-order valence-electron chi connectivity index (χ4n) is 4.45. The SMILES string of the molecule is COc1ccc(NC(=O)C[n+]2c(O)[n+](C3CCCCC3)c(O)c3ccccc32)cc1OC. The average Bonchev–Trinajstić information content (AvgIpc) is 2.82. The number of nitrogens with zero attached hydrogens (tertiary/aromatic N) is 2. The van der Waals surface area contributed by atoms with Gasteiger partial charge in [0.2, 0.25) is 12.1 Å². The summed E-state index contributed by atoms with van der Waals surface area (Å²) in [6.45, 7) is -0.117. The van der Waals surface area contributed by atoms with Crippen molar-refractivity contribution < 1.29 is 33.6 Å². The molecule has 3 aromatic rings. The van der Waals surface area contributed by atoms with E-state index in [0.717, 1.165) is 32.1 Å². The molecule has 0 radical (unpaired) electrons. The normalized spacial score (nSPS) is 14.3. The van der Waals surface area contributed by atoms with E-state index >= 15 is 0 Å². The minimum atomic E-state index is -0.316. The molecule has 4 rings (SSSR count). The van der Waals surface area contributed by atoms with E-state index in [1.807, 2.05) is 12.1 Å². The number of aromatic hydroxyl groups is 2. The van der Waals surface area contributed by atoms with Gasteiger partial charge in [-0.2, -0.15) is 0 Å². The largest absolute Gasteiger partial charge is 0.632 e. The number of para-hydroxylation sites is 1. The number of benzene rings is 2. The molecule has 1 aliphatic rings. The molecule has 2 aromatic carbocycles. The van der Waals surface area contributed by atoms with E-state index in [4.69, 9.17) is 9.47 Å². The molecule has 1 aliphatic carbocycles. The quantitative estimate of drug-likeness (QED) is 0.513. The number of hydrogen-bond acceptors (Lipinski definition) is 5. The lowest BCUT2D eigenvalue weighted by Crippen LogP contribution is -2.53. The number of anilines is 1. The van der Waals surface area contributed by atoms with Crippen LogP contribution in [0.4, 0.5) is 5.69 Å². The van der Waals surface area contributed by atoms with Crippen molar-refractivity contribution in [2.75, 3.05) is 19.5 Å². The van der Waals surface area contributed by atoms with E-state index < -0.39 is 0 Å². The Morgan fingerprint density at radius 3 is 2.47 bits per heavy atom. The summed E-state index contributed by atoms with van der Waals surface area (Å²) < 4.78 is 13.6. The Bertz CT molecular complexity index is 1140. The van der Waals surface area contributed by atoms with E-state index in [1.165, 1.54) is 7.11 Å². The number of amides is 1. The van der Waals surface area contributed by atoms with Crippen molar-refractivity contribution in [3.63, 3.8) is 0 Å². The first-order chi connectivity index (χ1) is 15.5. The van der Waals surface area contributed by atoms with Gasteiger partial charge in [0.15, 0.2) is 22.9 Å². The van der Waals surface area contributed by atoms with Gasteiger partial charge < -0.3 is 25.0 Å². The lowest BCUT2D eigenvalue weighted by molar-refractivity contribution is -0.830. The van der Waals surface area contributed by atoms with Gasteiger partial charge in [0.05, 0.1) is 14.2 Å². The standard InChI is InChI=1S/C24H27N3O5/c1-31-20-13-12-16(14-21(20)32-2)25-22(28)15-26-19-11-7-6-10-18(19)23(29)27(24(26)30)17-8-4-3-5-9-17/h6-7,10-14,17H,3-5,8-9,15H2,1-2H3,(H,25,28)/p+2. The minimum Gasteiger partial charge on any atom is -0.493 e. The van der Waals surface area contributed by atoms with Crippen LogP contribution in [0, 0.1) is 0 Å². The third-order valence-electron chi connectivity index (χ3n) is 6.03. The molecule has 0 atom stereocenters. The molecule has 168 valence electrons. The van der Waals surface area contributed by atoms with E-state index in [2.05, 4.69) is 5.32 Å². The summed E-state index contributed by atoms with van der Waals surface area (Å²) in [5, 5.41) is 25.5. The molecule has 0 spiro atoms. The van der Waals surface area contributed by atoms with Crippen molar-refractivity contribution in [2.24, 2.45) is 0 Å². The third kappa shape index (κ3) is 4.12. The lowest BCUT2D eigenvalue weighted by Gasteiger charge is -2.17. The number of carbonyl (C=O) groups is 1. The van der Waals surface area contributed by atoms with Crippen molar-refractivity contribution in [3.8, 4) is 23.4 Å². The summed E-state index contributed by atoms with van der Waals surface area (Å²) in [5.74, 6) is 0.784. The first-order valence-corrected chi connectivity index (χ1v) is 10.8. The smallest absolute Gasteiger partial charge is 0.493 e. The van der Waals surface area contributed by atoms with Gasteiger partial charge in [0.1, 0.15) is 0 Å². The van der Waals surface area contributed by atoms with Crippen LogP contribution in [-0.2, 0) is 11.3 Å². The maximum Gasteiger partial charge on any atom is 0.632 e. The maximum atomic E-state index is 12.9. The van der Waals surface area contributed by atoms with Gasteiger partial charge in [-0.3, -0.25) is 4.79 Å². The fourth-order valence-corrected chi connectivity index (χ4v) is 4.45. The van der Waals surface area contributed by atoms with Crippen molar-refractivity contribution in [1.29, 1.82) is 0 Å². The molecule has 1 saturated carbocycles. The van der Waals surface area contributed by atoms with Crippen LogP contribution in [0.25, 0.3) is 10.9 Å². The van der Waals surface area contributed by atoms with Gasteiger partial charge >= 0.3 is 11.9 Å². The molecule has 1 fully saturated rings. The molecule has 3 N–H and O–H groups in total. The van der Waals surface area contributed by atoms with E-state index in [9.17, 15) is 15.0 Å². The Morgan fingerprint density at radius 1 is 1.03 bits per heavy atom. The maximum absolute atomic E-state index is 12.9. The Hall–Kier alpha value is -3.55. The predicted octanol–water partition coefficient (Wildman–Crippen LogP) is 2.99. The topological polar surface area (TPSA) is 95.8 Å². The fraction of sp³-hybridized carbons (Fsp3) is 0.375. The number of fused-ring (bicyclic) bond motifs is 1. The number of methoxy groups -OCH3 is 2. The summed E-state index contributed by atoms with van der Waals surface area (Å²) in [4.78, 5) is 12.9. The summed E-state index contributed by atoms with van der Waals surface area (Å²) in [7, 11) is 3.08. The van der Waals surface area contributed by atoms with Crippen LogP contribution in [0.3, 0.4) is 0 Å². The second kappa shape index (κ2) is 9.30. The first-order valence-electron chi connectivity index (χ1n) is 10.8. The van der Waals surface area contributed by atoms with Crippen molar-refractivity contribution in [2.45, 2.75) is 44.7 Å². The highest BCUT2D eigenvalue weighted by atomic mass is 16.5. The van der Waals surface area contributed by atoms with Gasteiger partial charge in [-0.25, -0.2) is 0 Å². The van der Waals surface area contributed by atoms with Crippen LogP contribution >= 0.6 is 0 Å². The van der Waals surface area contributed by atoms with Crippen LogP contribution in [0.5, 0.6) is 23.4 Å². The zero-order chi connectivity index (χ0) is 22.7. The average molecular weight is 440 g/mol. The Morgan fingerprint density at radius 2 is 1.75 bits per heavy atom. The second-order valence-corrected chi connectivity index (χ2v) is 8.01. The molecular formula is C24H29N3O5+2. The van der Waals surface area contributed by atoms with E-state index in [1.54, 1.807) is 46.6 Å². The summed E-state index contributed by atoms with van der Waals surface area (Å²) >= 11 is 0. The third-order valence-corrected chi connectivity index (χ3v) is 6.03. The predicted molar refractivity (Wildman–Crippen MR) is 118 cm³/mol. The van der Waals surface area contributed by atoms with E-state index in [-0.39, 0.29) is 30.4 Å². The second-order valence-electron chi connectivity index (χ2n) is 8.01. The van der Waals surface area contributed by atoms with Gasteiger partial charge in [-0.1, -0.05) is 27.7 Å². The molecule has 0 aliphatic heterocycles. The van der Waals surface area contributed by atoms with Crippen LogP contribution < -0.4 is 23.9 Å². The highest BCUT2D eigenvalue weighted by molar-refractivity contribution is 5.90. The lowest BCUT2D eigenvalue weighted by atomic mass is 9.95. The summed E-state index contributed by atoms with van der Waals surface area (Å²) in [6.07, 6.45) is 5.00. The van der Waals surface area contributed by atoms with Crippen molar-refractivity contribution >= 4 is 22.5 Å². The number of nitrogens with one attached hydrogen (secondary N) is 1. The van der Waals surface area contributed by atoms with Crippen molar-refractivity contribution in [3.05, 3.63) is 42.5 Å². The molecule has 1 aromatic heterocycles. The van der Waals surface area contributed by atoms with Crippen LogP contribution in [-0.4, -0.2) is 30.3 Å². The molecule has 0 unspecified atom stereocenters. The zero-order valence-electron chi connectivity index (χ0n) is 18.4. The number of hydrogen-bond donors (Lipinski definition) is 3. The number of aromatic nitrogens is 2. The van der Waals surface area contributed by atoms with Crippen LogP contribution in [0.2, 0.25) is 0 Å². The van der Waals surface area contributed by atoms with Gasteiger partial charge in [-0.15, -0.1) is 0 Å². The van der Waals surface area contributed by atoms with E-state index in [0.29, 0.717) is 28.1 Å². The monoisotopic (exact) mass is 439 g/mol. The van der Waals surface area contributed by atoms with Crippen LogP contribution in [0.15, 0.2) is 42.5 Å². The number of carbonyl (C=O) groups excluding carboxylic acids is 1. The molecule has 8 nitrogen and oxygen atoms in total. The van der Waals surface area contributed by atoms with Gasteiger partial charge in [0.25, 0.3) is 5.91 Å². The molecule has 1 amide bonds. The van der Waals surface area contributed by atoms with Crippen LogP contribution in [0.1, 0.15) is 38.1 Å². The van der Waals surface area contributed by atoms with Crippen molar-refractivity contribution in [1.82, 2.24) is 0 Å². The van der Waals surface area contributed by atoms with Gasteiger partial charge in [-0.05, 0) is 31.0 Å². The first kappa shape index (κ1) is 21.7. The highest BCUT2D eigenvalue weighted by Crippen LogP contribution is 2.31. The number of ether oxygens (including phenoxy) is 2. The molecule has 0 bridgehead atoms.